The van der Waals surface area contributed by atoms with E-state index in [0.29, 0.717) is 5.69 Å². The van der Waals surface area contributed by atoms with E-state index in [0.717, 1.165) is 37.5 Å². The molecule has 1 aliphatic rings. The Morgan fingerprint density at radius 3 is 2.65 bits per heavy atom. The van der Waals surface area contributed by atoms with Gasteiger partial charge in [0.2, 0.25) is 0 Å². The zero-order valence-corrected chi connectivity index (χ0v) is 10.7. The third-order valence-electron chi connectivity index (χ3n) is 3.53. The van der Waals surface area contributed by atoms with Crippen LogP contribution in [0.5, 0.6) is 0 Å². The van der Waals surface area contributed by atoms with E-state index in [4.69, 9.17) is 0 Å². The molecule has 0 spiro atoms. The van der Waals surface area contributed by atoms with Crippen molar-refractivity contribution >= 4 is 11.6 Å². The average Bonchev–Trinajstić information content (AvgIpc) is 2.89. The van der Waals surface area contributed by atoms with E-state index < -0.39 is 17.5 Å². The van der Waals surface area contributed by atoms with Gasteiger partial charge in [-0.2, -0.15) is 0 Å². The minimum absolute atomic E-state index is 0.287. The largest absolute Gasteiger partial charge is 0.322 e. The third-order valence-corrected chi connectivity index (χ3v) is 3.53. The summed E-state index contributed by atoms with van der Waals surface area (Å²) < 4.78 is 26.6. The predicted molar refractivity (Wildman–Crippen MR) is 72.8 cm³/mol. The van der Waals surface area contributed by atoms with Crippen LogP contribution < -0.4 is 5.32 Å². The van der Waals surface area contributed by atoms with Gasteiger partial charge in [0.15, 0.2) is 0 Å². The van der Waals surface area contributed by atoms with Gasteiger partial charge < -0.3 is 5.32 Å². The molecule has 3 rings (SSSR count). The number of rotatable bonds is 2. The summed E-state index contributed by atoms with van der Waals surface area (Å²) in [6.45, 7) is 0. The van der Waals surface area contributed by atoms with Gasteiger partial charge in [0.25, 0.3) is 5.91 Å². The van der Waals surface area contributed by atoms with Gasteiger partial charge in [-0.25, -0.2) is 8.78 Å². The average molecular weight is 273 g/mol. The fourth-order valence-corrected chi connectivity index (χ4v) is 2.52. The zero-order chi connectivity index (χ0) is 14.1. The molecular formula is C16H13F2NO. The van der Waals surface area contributed by atoms with E-state index in [-0.39, 0.29) is 5.56 Å². The minimum Gasteiger partial charge on any atom is -0.322 e. The molecule has 0 unspecified atom stereocenters. The van der Waals surface area contributed by atoms with Gasteiger partial charge in [0, 0.05) is 5.69 Å². The minimum atomic E-state index is -0.731. The van der Waals surface area contributed by atoms with E-state index in [1.165, 1.54) is 11.1 Å². The molecule has 0 aromatic heterocycles. The quantitative estimate of drug-likeness (QED) is 0.888. The lowest BCUT2D eigenvalue weighted by molar-refractivity contribution is 0.102. The van der Waals surface area contributed by atoms with Crippen LogP contribution in [0.25, 0.3) is 0 Å². The highest BCUT2D eigenvalue weighted by Gasteiger charge is 2.15. The van der Waals surface area contributed by atoms with Crippen LogP contribution in [0.3, 0.4) is 0 Å². The SMILES string of the molecule is O=C(Nc1ccc2c(c1)CCC2)c1cc(F)ccc1F. The fraction of sp³-hybridized carbons (Fsp3) is 0.188. The fourth-order valence-electron chi connectivity index (χ4n) is 2.52. The van der Waals surface area contributed by atoms with E-state index in [1.807, 2.05) is 12.1 Å². The van der Waals surface area contributed by atoms with Crippen LogP contribution in [-0.2, 0) is 12.8 Å². The van der Waals surface area contributed by atoms with Crippen LogP contribution >= 0.6 is 0 Å². The molecule has 1 N–H and O–H groups in total. The summed E-state index contributed by atoms with van der Waals surface area (Å²) >= 11 is 0. The van der Waals surface area contributed by atoms with Crippen LogP contribution in [0.4, 0.5) is 14.5 Å². The predicted octanol–water partition coefficient (Wildman–Crippen LogP) is 3.71. The second-order valence-electron chi connectivity index (χ2n) is 4.92. The molecule has 0 radical (unpaired) electrons. The van der Waals surface area contributed by atoms with Crippen molar-refractivity contribution < 1.29 is 13.6 Å². The van der Waals surface area contributed by atoms with Gasteiger partial charge in [0.05, 0.1) is 5.56 Å². The van der Waals surface area contributed by atoms with Gasteiger partial charge in [-0.1, -0.05) is 6.07 Å². The number of hydrogen-bond acceptors (Lipinski definition) is 1. The Labute approximate surface area is 115 Å². The molecule has 2 aromatic rings. The number of nitrogens with one attached hydrogen (secondary N) is 1. The monoisotopic (exact) mass is 273 g/mol. The molecule has 4 heteroatoms. The van der Waals surface area contributed by atoms with Crippen molar-refractivity contribution in [3.8, 4) is 0 Å². The summed E-state index contributed by atoms with van der Waals surface area (Å²) in [5.74, 6) is -2.00. The first-order valence-electron chi connectivity index (χ1n) is 6.52. The van der Waals surface area contributed by atoms with Crippen LogP contribution in [0, 0.1) is 11.6 Å². The molecule has 2 aromatic carbocycles. The molecule has 102 valence electrons. The maximum Gasteiger partial charge on any atom is 0.258 e. The van der Waals surface area contributed by atoms with Crippen molar-refractivity contribution in [1.82, 2.24) is 0 Å². The van der Waals surface area contributed by atoms with Crippen LogP contribution in [0.2, 0.25) is 0 Å². The standard InChI is InChI=1S/C16H13F2NO/c17-12-5-7-15(18)14(9-12)16(20)19-13-6-4-10-2-1-3-11(10)8-13/h4-9H,1-3H2,(H,19,20). The van der Waals surface area contributed by atoms with Gasteiger partial charge in [0.1, 0.15) is 11.6 Å². The molecule has 20 heavy (non-hydrogen) atoms. The van der Waals surface area contributed by atoms with Crippen molar-refractivity contribution in [1.29, 1.82) is 0 Å². The Hall–Kier alpha value is -2.23. The molecule has 0 heterocycles. The Morgan fingerprint density at radius 1 is 1.00 bits per heavy atom. The topological polar surface area (TPSA) is 29.1 Å². The Kier molecular flexibility index (Phi) is 3.22. The Balaban J connectivity index is 1.84. The summed E-state index contributed by atoms with van der Waals surface area (Å²) in [4.78, 5) is 12.0. The van der Waals surface area contributed by atoms with Gasteiger partial charge in [-0.15, -0.1) is 0 Å². The second kappa shape index (κ2) is 5.04. The zero-order valence-electron chi connectivity index (χ0n) is 10.7. The molecule has 0 saturated heterocycles. The van der Waals surface area contributed by atoms with Crippen molar-refractivity contribution in [2.24, 2.45) is 0 Å². The summed E-state index contributed by atoms with van der Waals surface area (Å²) in [6, 6.07) is 8.50. The summed E-state index contributed by atoms with van der Waals surface area (Å²) in [7, 11) is 0. The van der Waals surface area contributed by atoms with Gasteiger partial charge >= 0.3 is 0 Å². The van der Waals surface area contributed by atoms with Crippen molar-refractivity contribution in [3.63, 3.8) is 0 Å². The molecule has 0 aliphatic heterocycles. The number of carbonyl (C=O) groups is 1. The number of aryl methyl sites for hydroxylation is 2. The van der Waals surface area contributed by atoms with E-state index >= 15 is 0 Å². The van der Waals surface area contributed by atoms with Crippen LogP contribution in [0.15, 0.2) is 36.4 Å². The summed E-state index contributed by atoms with van der Waals surface area (Å²) in [6.07, 6.45) is 3.17. The summed E-state index contributed by atoms with van der Waals surface area (Å²) in [5, 5.41) is 2.61. The van der Waals surface area contributed by atoms with Crippen LogP contribution in [-0.4, -0.2) is 5.91 Å². The molecule has 0 fully saturated rings. The van der Waals surface area contributed by atoms with Crippen molar-refractivity contribution in [3.05, 3.63) is 64.7 Å². The molecule has 1 aliphatic carbocycles. The lowest BCUT2D eigenvalue weighted by Gasteiger charge is -2.08. The molecule has 0 atom stereocenters. The molecular weight excluding hydrogens is 260 g/mol. The highest BCUT2D eigenvalue weighted by molar-refractivity contribution is 6.04. The number of benzene rings is 2. The van der Waals surface area contributed by atoms with E-state index in [1.54, 1.807) is 6.07 Å². The Morgan fingerprint density at radius 2 is 1.80 bits per heavy atom. The number of amides is 1. The number of carbonyl (C=O) groups excluding carboxylic acids is 1. The smallest absolute Gasteiger partial charge is 0.258 e. The van der Waals surface area contributed by atoms with E-state index in [2.05, 4.69) is 5.32 Å². The molecule has 0 saturated carbocycles. The van der Waals surface area contributed by atoms with Gasteiger partial charge in [-0.3, -0.25) is 4.79 Å². The van der Waals surface area contributed by atoms with E-state index in [9.17, 15) is 13.6 Å². The maximum atomic E-state index is 13.5. The number of hydrogen-bond donors (Lipinski definition) is 1. The number of halogens is 2. The summed E-state index contributed by atoms with van der Waals surface area (Å²) in [5.41, 5.74) is 2.83. The molecule has 2 nitrogen and oxygen atoms in total. The third kappa shape index (κ3) is 2.41. The first-order valence-corrected chi connectivity index (χ1v) is 6.52. The second-order valence-corrected chi connectivity index (χ2v) is 4.92. The molecule has 0 bridgehead atoms. The van der Waals surface area contributed by atoms with Crippen molar-refractivity contribution in [2.45, 2.75) is 19.3 Å². The highest BCUT2D eigenvalue weighted by atomic mass is 19.1. The first kappa shape index (κ1) is 12.8. The normalized spacial score (nSPS) is 13.1. The lowest BCUT2D eigenvalue weighted by atomic mass is 10.1. The number of fused-ring (bicyclic) bond motifs is 1. The van der Waals surface area contributed by atoms with Crippen molar-refractivity contribution in [2.75, 3.05) is 5.32 Å². The maximum absolute atomic E-state index is 13.5. The van der Waals surface area contributed by atoms with Crippen LogP contribution in [0.1, 0.15) is 27.9 Å². The number of anilines is 1. The first-order chi connectivity index (χ1) is 9.63. The van der Waals surface area contributed by atoms with Gasteiger partial charge in [-0.05, 0) is 60.7 Å². The molecule has 1 amide bonds. The highest BCUT2D eigenvalue weighted by Crippen LogP contribution is 2.25. The Bertz CT molecular complexity index is 682. The lowest BCUT2D eigenvalue weighted by Crippen LogP contribution is -2.14.